The molecule has 3 rings (SSSR count). The maximum absolute atomic E-state index is 6.48. The summed E-state index contributed by atoms with van der Waals surface area (Å²) in [5.74, 6) is 0.310. The molecule has 2 aliphatic rings. The van der Waals surface area contributed by atoms with Crippen LogP contribution in [-0.4, -0.2) is 0 Å². The van der Waals surface area contributed by atoms with E-state index in [1.54, 1.807) is 0 Å². The van der Waals surface area contributed by atoms with E-state index in [0.717, 1.165) is 10.6 Å². The highest BCUT2D eigenvalue weighted by atomic mass is 35.5. The highest BCUT2D eigenvalue weighted by Gasteiger charge is 2.17. The fraction of sp³-hybridized carbons (Fsp3) is 0.0667. The predicted molar refractivity (Wildman–Crippen MR) is 70.0 cm³/mol. The third-order valence-corrected chi connectivity index (χ3v) is 3.42. The number of allylic oxidation sites excluding steroid dienone is 6. The van der Waals surface area contributed by atoms with Gasteiger partial charge in [0.15, 0.2) is 0 Å². The van der Waals surface area contributed by atoms with E-state index in [2.05, 4.69) is 42.5 Å². The van der Waals surface area contributed by atoms with Crippen molar-refractivity contribution in [2.75, 3.05) is 0 Å². The zero-order chi connectivity index (χ0) is 11.0. The summed E-state index contributed by atoms with van der Waals surface area (Å²) in [5, 5.41) is 0.867. The molecule has 2 aliphatic carbocycles. The quantitative estimate of drug-likeness (QED) is 0.615. The molecule has 0 nitrogen and oxygen atoms in total. The number of benzene rings is 1. The van der Waals surface area contributed by atoms with Gasteiger partial charge in [0.25, 0.3) is 0 Å². The number of hydrogen-bond donors (Lipinski definition) is 0. The molecule has 1 aromatic carbocycles. The first-order valence-corrected chi connectivity index (χ1v) is 5.76. The molecule has 0 amide bonds. The average molecular weight is 227 g/mol. The molecule has 1 aromatic rings. The number of rotatable bonds is 0. The van der Waals surface area contributed by atoms with Crippen LogP contribution in [0, 0.1) is 5.92 Å². The summed E-state index contributed by atoms with van der Waals surface area (Å²) in [7, 11) is 0. The van der Waals surface area contributed by atoms with Crippen molar-refractivity contribution in [3.05, 3.63) is 71.3 Å². The van der Waals surface area contributed by atoms with E-state index in [1.807, 2.05) is 18.2 Å². The third-order valence-electron chi connectivity index (χ3n) is 3.00. The van der Waals surface area contributed by atoms with E-state index in [-0.39, 0.29) is 0 Å². The van der Waals surface area contributed by atoms with Crippen LogP contribution in [0.3, 0.4) is 0 Å². The summed E-state index contributed by atoms with van der Waals surface area (Å²) in [4.78, 5) is 0. The molecule has 1 unspecified atom stereocenters. The van der Waals surface area contributed by atoms with Crippen LogP contribution in [0.1, 0.15) is 11.1 Å². The largest absolute Gasteiger partial charge is 0.0833 e. The molecular formula is C15H11Cl. The molecule has 0 spiro atoms. The van der Waals surface area contributed by atoms with Crippen LogP contribution < -0.4 is 0 Å². The lowest BCUT2D eigenvalue weighted by molar-refractivity contribution is 1.01. The fourth-order valence-electron chi connectivity index (χ4n) is 2.15. The minimum atomic E-state index is 0.310. The summed E-state index contributed by atoms with van der Waals surface area (Å²) in [5.41, 5.74) is 3.50. The maximum Gasteiger partial charge on any atom is 0.0525 e. The molecule has 1 heteroatoms. The van der Waals surface area contributed by atoms with Gasteiger partial charge in [-0.3, -0.25) is 0 Å². The summed E-state index contributed by atoms with van der Waals surface area (Å²) in [6.45, 7) is 0. The monoisotopic (exact) mass is 226 g/mol. The molecule has 0 N–H and O–H groups in total. The smallest absolute Gasteiger partial charge is 0.0525 e. The fourth-order valence-corrected chi connectivity index (χ4v) is 2.51. The summed E-state index contributed by atoms with van der Waals surface area (Å²) >= 11 is 6.48. The normalized spacial score (nSPS) is 21.7. The van der Waals surface area contributed by atoms with Gasteiger partial charge in [0.05, 0.1) is 5.03 Å². The molecule has 0 aliphatic heterocycles. The van der Waals surface area contributed by atoms with Gasteiger partial charge in [-0.2, -0.15) is 0 Å². The number of halogens is 1. The molecule has 0 aromatic heterocycles. The van der Waals surface area contributed by atoms with Crippen molar-refractivity contribution >= 4 is 22.7 Å². The molecule has 1 atom stereocenters. The van der Waals surface area contributed by atoms with Gasteiger partial charge in [0.2, 0.25) is 0 Å². The van der Waals surface area contributed by atoms with Crippen molar-refractivity contribution in [1.29, 1.82) is 0 Å². The second-order valence-corrected chi connectivity index (χ2v) is 4.36. The second-order valence-electron chi connectivity index (χ2n) is 3.99. The zero-order valence-corrected chi connectivity index (χ0v) is 9.48. The van der Waals surface area contributed by atoms with Crippen LogP contribution in [0.5, 0.6) is 0 Å². The minimum Gasteiger partial charge on any atom is -0.0833 e. The van der Waals surface area contributed by atoms with E-state index in [9.17, 15) is 0 Å². The van der Waals surface area contributed by atoms with Crippen molar-refractivity contribution in [2.45, 2.75) is 0 Å². The molecule has 16 heavy (non-hydrogen) atoms. The lowest BCUT2D eigenvalue weighted by atomic mass is 9.94. The van der Waals surface area contributed by atoms with Crippen LogP contribution in [0.4, 0.5) is 0 Å². The van der Waals surface area contributed by atoms with Crippen LogP contribution in [-0.2, 0) is 0 Å². The van der Waals surface area contributed by atoms with Gasteiger partial charge >= 0.3 is 0 Å². The van der Waals surface area contributed by atoms with Gasteiger partial charge in [-0.05, 0) is 11.1 Å². The van der Waals surface area contributed by atoms with Crippen LogP contribution in [0.15, 0.2) is 60.2 Å². The highest BCUT2D eigenvalue weighted by Crippen LogP contribution is 2.36. The Morgan fingerprint density at radius 3 is 2.75 bits per heavy atom. The predicted octanol–water partition coefficient (Wildman–Crippen LogP) is 4.41. The van der Waals surface area contributed by atoms with Gasteiger partial charge in [0.1, 0.15) is 0 Å². The first kappa shape index (κ1) is 9.68. The first-order valence-electron chi connectivity index (χ1n) is 5.38. The lowest BCUT2D eigenvalue weighted by Crippen LogP contribution is -1.98. The van der Waals surface area contributed by atoms with Crippen molar-refractivity contribution in [2.24, 2.45) is 5.92 Å². The standard InChI is InChI=1S/C15H11Cl/c16-15-13-7-3-1-5-11(13)9-10-12-6-2-4-8-14(12)15/h1-11H. The lowest BCUT2D eigenvalue weighted by Gasteiger charge is -2.13. The Bertz CT molecular complexity index is 544. The van der Waals surface area contributed by atoms with E-state index in [0.29, 0.717) is 5.92 Å². The summed E-state index contributed by atoms with van der Waals surface area (Å²) < 4.78 is 0. The Morgan fingerprint density at radius 2 is 1.81 bits per heavy atom. The maximum atomic E-state index is 6.48. The SMILES string of the molecule is ClC1=C2C=CC=CC2C=Cc2ccccc21. The molecule has 0 fully saturated rings. The molecule has 0 saturated heterocycles. The Labute approximate surface area is 100 Å². The molecule has 0 heterocycles. The molecule has 0 saturated carbocycles. The van der Waals surface area contributed by atoms with E-state index in [1.165, 1.54) is 11.1 Å². The zero-order valence-electron chi connectivity index (χ0n) is 8.73. The number of fused-ring (bicyclic) bond motifs is 2. The van der Waals surface area contributed by atoms with Crippen molar-refractivity contribution in [1.82, 2.24) is 0 Å². The third kappa shape index (κ3) is 1.46. The molecule has 78 valence electrons. The van der Waals surface area contributed by atoms with Gasteiger partial charge < -0.3 is 0 Å². The number of hydrogen-bond acceptors (Lipinski definition) is 0. The molecule has 0 bridgehead atoms. The van der Waals surface area contributed by atoms with Gasteiger partial charge in [0, 0.05) is 11.5 Å². The van der Waals surface area contributed by atoms with Crippen LogP contribution >= 0.6 is 11.6 Å². The van der Waals surface area contributed by atoms with Crippen molar-refractivity contribution < 1.29 is 0 Å². The average Bonchev–Trinajstić information content (AvgIpc) is 2.49. The molecular weight excluding hydrogens is 216 g/mol. The van der Waals surface area contributed by atoms with Gasteiger partial charge in [-0.25, -0.2) is 0 Å². The van der Waals surface area contributed by atoms with Crippen molar-refractivity contribution in [3.8, 4) is 0 Å². The second kappa shape index (κ2) is 3.80. The summed E-state index contributed by atoms with van der Waals surface area (Å²) in [6, 6.07) is 8.24. The van der Waals surface area contributed by atoms with E-state index >= 15 is 0 Å². The Hall–Kier alpha value is -1.53. The minimum absolute atomic E-state index is 0.310. The first-order chi connectivity index (χ1) is 7.86. The molecule has 0 radical (unpaired) electrons. The van der Waals surface area contributed by atoms with Crippen molar-refractivity contribution in [3.63, 3.8) is 0 Å². The highest BCUT2D eigenvalue weighted by molar-refractivity contribution is 6.50. The van der Waals surface area contributed by atoms with E-state index in [4.69, 9.17) is 11.6 Å². The Kier molecular flexibility index (Phi) is 2.30. The Morgan fingerprint density at radius 1 is 0.938 bits per heavy atom. The van der Waals surface area contributed by atoms with Gasteiger partial charge in [-0.15, -0.1) is 0 Å². The summed E-state index contributed by atoms with van der Waals surface area (Å²) in [6.07, 6.45) is 12.7. The van der Waals surface area contributed by atoms with Crippen LogP contribution in [0.25, 0.3) is 11.1 Å². The van der Waals surface area contributed by atoms with Gasteiger partial charge in [-0.1, -0.05) is 72.3 Å². The van der Waals surface area contributed by atoms with E-state index < -0.39 is 0 Å². The topological polar surface area (TPSA) is 0 Å². The Balaban J connectivity index is 2.26. The van der Waals surface area contributed by atoms with Crippen LogP contribution in [0.2, 0.25) is 0 Å².